The minimum absolute atomic E-state index is 0.0905. The second-order valence-corrected chi connectivity index (χ2v) is 7.77. The molecule has 2 aromatic carbocycles. The highest BCUT2D eigenvalue weighted by Gasteiger charge is 2.22. The number of nitrogens with one attached hydrogen (secondary N) is 1. The van der Waals surface area contributed by atoms with Crippen LogP contribution in [0.5, 0.6) is 11.5 Å². The van der Waals surface area contributed by atoms with E-state index in [0.717, 1.165) is 0 Å². The summed E-state index contributed by atoms with van der Waals surface area (Å²) in [5.74, 6) is 0.0749. The zero-order valence-corrected chi connectivity index (χ0v) is 15.1. The van der Waals surface area contributed by atoms with Crippen molar-refractivity contribution in [3.05, 3.63) is 52.0 Å². The molecule has 132 valence electrons. The molecule has 0 spiro atoms. The Morgan fingerprint density at radius 1 is 1.04 bits per heavy atom. The number of amides is 1. The molecule has 25 heavy (non-hydrogen) atoms. The first-order chi connectivity index (χ1) is 11.8. The highest BCUT2D eigenvalue weighted by Crippen LogP contribution is 2.32. The van der Waals surface area contributed by atoms with Gasteiger partial charge in [0.05, 0.1) is 11.3 Å². The van der Waals surface area contributed by atoms with E-state index in [9.17, 15) is 13.2 Å². The van der Waals surface area contributed by atoms with E-state index in [1.165, 1.54) is 24.3 Å². The Hall–Kier alpha value is -1.96. The molecule has 3 rings (SSSR count). The number of ether oxygens (including phenoxy) is 2. The lowest BCUT2D eigenvalue weighted by Crippen LogP contribution is -2.32. The normalized spacial score (nSPS) is 13.4. The Balaban J connectivity index is 1.75. The standard InChI is InChI=1S/C16H13Cl2NO5S/c17-11-2-1-10(13(18)8-11)7-16(20)19-25(21,22)12-3-4-14-15(9-12)24-6-5-23-14/h1-4,8-9H,5-7H2,(H,19,20). The fourth-order valence-corrected chi connectivity index (χ4v) is 3.75. The molecule has 1 aliphatic rings. The number of carbonyl (C=O) groups excluding carboxylic acids is 1. The third-order valence-electron chi connectivity index (χ3n) is 3.44. The number of hydrogen-bond acceptors (Lipinski definition) is 5. The third kappa shape index (κ3) is 4.18. The van der Waals surface area contributed by atoms with Crippen LogP contribution in [0.3, 0.4) is 0 Å². The van der Waals surface area contributed by atoms with Gasteiger partial charge >= 0.3 is 0 Å². The molecule has 1 heterocycles. The number of halogens is 2. The van der Waals surface area contributed by atoms with Crippen molar-refractivity contribution in [1.29, 1.82) is 0 Å². The molecule has 0 radical (unpaired) electrons. The Morgan fingerprint density at radius 2 is 1.76 bits per heavy atom. The van der Waals surface area contributed by atoms with Crippen LogP contribution in [0.4, 0.5) is 0 Å². The molecule has 0 unspecified atom stereocenters. The van der Waals surface area contributed by atoms with Crippen molar-refractivity contribution in [2.24, 2.45) is 0 Å². The summed E-state index contributed by atoms with van der Waals surface area (Å²) in [6, 6.07) is 8.79. The van der Waals surface area contributed by atoms with Gasteiger partial charge in [0, 0.05) is 16.1 Å². The topological polar surface area (TPSA) is 81.7 Å². The van der Waals surface area contributed by atoms with Crippen LogP contribution in [-0.2, 0) is 21.2 Å². The molecule has 0 aromatic heterocycles. The molecule has 0 atom stereocenters. The lowest BCUT2D eigenvalue weighted by Gasteiger charge is -2.18. The van der Waals surface area contributed by atoms with Crippen LogP contribution in [0.25, 0.3) is 0 Å². The third-order valence-corrected chi connectivity index (χ3v) is 5.40. The van der Waals surface area contributed by atoms with Gasteiger partial charge in [0.2, 0.25) is 5.91 Å². The van der Waals surface area contributed by atoms with Crippen molar-refractivity contribution in [2.75, 3.05) is 13.2 Å². The first-order valence-corrected chi connectivity index (χ1v) is 9.48. The maximum absolute atomic E-state index is 12.4. The molecule has 1 amide bonds. The van der Waals surface area contributed by atoms with Crippen LogP contribution in [0, 0.1) is 0 Å². The summed E-state index contributed by atoms with van der Waals surface area (Å²) in [6.07, 6.45) is -0.195. The first-order valence-electron chi connectivity index (χ1n) is 7.24. The summed E-state index contributed by atoms with van der Waals surface area (Å²) in [4.78, 5) is 12.0. The number of sulfonamides is 1. The Labute approximate surface area is 154 Å². The van der Waals surface area contributed by atoms with Gasteiger partial charge in [0.15, 0.2) is 11.5 Å². The summed E-state index contributed by atoms with van der Waals surface area (Å²) in [5.41, 5.74) is 0.473. The van der Waals surface area contributed by atoms with Crippen LogP contribution >= 0.6 is 23.2 Å². The molecule has 9 heteroatoms. The SMILES string of the molecule is O=C(Cc1ccc(Cl)cc1Cl)NS(=O)(=O)c1ccc2c(c1)OCCO2. The van der Waals surface area contributed by atoms with E-state index in [2.05, 4.69) is 0 Å². The predicted molar refractivity (Wildman–Crippen MR) is 92.9 cm³/mol. The van der Waals surface area contributed by atoms with E-state index in [1.54, 1.807) is 12.1 Å². The van der Waals surface area contributed by atoms with Crippen molar-refractivity contribution in [2.45, 2.75) is 11.3 Å². The first kappa shape index (κ1) is 17.8. The molecular weight excluding hydrogens is 389 g/mol. The number of rotatable bonds is 4. The summed E-state index contributed by atoms with van der Waals surface area (Å²) < 4.78 is 37.5. The smallest absolute Gasteiger partial charge is 0.264 e. The predicted octanol–water partition coefficient (Wildman–Crippen LogP) is 2.81. The lowest BCUT2D eigenvalue weighted by atomic mass is 10.1. The minimum Gasteiger partial charge on any atom is -0.486 e. The quantitative estimate of drug-likeness (QED) is 0.851. The van der Waals surface area contributed by atoms with Crippen LogP contribution in [0.2, 0.25) is 10.0 Å². The van der Waals surface area contributed by atoms with Gasteiger partial charge in [-0.2, -0.15) is 0 Å². The highest BCUT2D eigenvalue weighted by molar-refractivity contribution is 7.90. The zero-order valence-electron chi connectivity index (χ0n) is 12.8. The van der Waals surface area contributed by atoms with Gasteiger partial charge in [0.1, 0.15) is 13.2 Å². The van der Waals surface area contributed by atoms with E-state index < -0.39 is 15.9 Å². The Bertz CT molecular complexity index is 930. The van der Waals surface area contributed by atoms with Gasteiger partial charge in [0.25, 0.3) is 10.0 Å². The van der Waals surface area contributed by atoms with Crippen LogP contribution < -0.4 is 14.2 Å². The summed E-state index contributed by atoms with van der Waals surface area (Å²) in [6.45, 7) is 0.732. The minimum atomic E-state index is -4.04. The van der Waals surface area contributed by atoms with Crippen molar-refractivity contribution in [3.63, 3.8) is 0 Å². The molecule has 6 nitrogen and oxygen atoms in total. The molecule has 0 saturated carbocycles. The van der Waals surface area contributed by atoms with Crippen molar-refractivity contribution in [3.8, 4) is 11.5 Å². The maximum Gasteiger partial charge on any atom is 0.264 e. The summed E-state index contributed by atoms with van der Waals surface area (Å²) in [7, 11) is -4.04. The van der Waals surface area contributed by atoms with Gasteiger partial charge in [-0.3, -0.25) is 4.79 Å². The fourth-order valence-electron chi connectivity index (χ4n) is 2.27. The molecule has 0 aliphatic carbocycles. The van der Waals surface area contributed by atoms with Crippen molar-refractivity contribution in [1.82, 2.24) is 4.72 Å². The molecule has 0 fully saturated rings. The average Bonchev–Trinajstić information content (AvgIpc) is 2.56. The lowest BCUT2D eigenvalue weighted by molar-refractivity contribution is -0.118. The van der Waals surface area contributed by atoms with Gasteiger partial charge in [-0.25, -0.2) is 13.1 Å². The zero-order chi connectivity index (χ0) is 18.0. The molecule has 0 bridgehead atoms. The van der Waals surface area contributed by atoms with Crippen molar-refractivity contribution >= 4 is 39.1 Å². The Morgan fingerprint density at radius 3 is 2.48 bits per heavy atom. The maximum atomic E-state index is 12.4. The van der Waals surface area contributed by atoms with E-state index in [4.69, 9.17) is 32.7 Å². The average molecular weight is 402 g/mol. The molecule has 0 saturated heterocycles. The van der Waals surface area contributed by atoms with Crippen LogP contribution in [0.1, 0.15) is 5.56 Å². The second-order valence-electron chi connectivity index (χ2n) is 5.25. The van der Waals surface area contributed by atoms with Gasteiger partial charge < -0.3 is 9.47 Å². The molecule has 2 aromatic rings. The molecule has 1 aliphatic heterocycles. The molecule has 1 N–H and O–H groups in total. The number of benzene rings is 2. The van der Waals surface area contributed by atoms with Gasteiger partial charge in [-0.05, 0) is 29.8 Å². The summed E-state index contributed by atoms with van der Waals surface area (Å²) in [5, 5.41) is 0.720. The molecular formula is C16H13Cl2NO5S. The van der Waals surface area contributed by atoms with E-state index in [0.29, 0.717) is 40.3 Å². The highest BCUT2D eigenvalue weighted by atomic mass is 35.5. The van der Waals surface area contributed by atoms with Crippen LogP contribution in [-0.4, -0.2) is 27.5 Å². The van der Waals surface area contributed by atoms with E-state index in [-0.39, 0.29) is 11.3 Å². The van der Waals surface area contributed by atoms with Gasteiger partial charge in [-0.1, -0.05) is 29.3 Å². The van der Waals surface area contributed by atoms with Crippen LogP contribution in [0.15, 0.2) is 41.3 Å². The fraction of sp³-hybridized carbons (Fsp3) is 0.188. The number of hydrogen-bond donors (Lipinski definition) is 1. The summed E-state index contributed by atoms with van der Waals surface area (Å²) >= 11 is 11.8. The number of carbonyl (C=O) groups is 1. The van der Waals surface area contributed by atoms with Gasteiger partial charge in [-0.15, -0.1) is 0 Å². The van der Waals surface area contributed by atoms with Crippen molar-refractivity contribution < 1.29 is 22.7 Å². The largest absolute Gasteiger partial charge is 0.486 e. The van der Waals surface area contributed by atoms with E-state index >= 15 is 0 Å². The monoisotopic (exact) mass is 401 g/mol. The second kappa shape index (κ2) is 7.11. The number of fused-ring (bicyclic) bond motifs is 1. The van der Waals surface area contributed by atoms with E-state index in [1.807, 2.05) is 4.72 Å². The Kier molecular flexibility index (Phi) is 5.08.